The van der Waals surface area contributed by atoms with Gasteiger partial charge in [-0.2, -0.15) is 0 Å². The van der Waals surface area contributed by atoms with E-state index in [1.807, 2.05) is 30.3 Å². The van der Waals surface area contributed by atoms with Crippen LogP contribution in [0.5, 0.6) is 0 Å². The molecule has 2 amide bonds. The fraction of sp³-hybridized carbons (Fsp3) is 0.231. The summed E-state index contributed by atoms with van der Waals surface area (Å²) >= 11 is 3.35. The van der Waals surface area contributed by atoms with Crippen LogP contribution < -0.4 is 16.2 Å². The molecule has 0 fully saturated rings. The maximum absolute atomic E-state index is 14.6. The molecule has 3 aromatic heterocycles. The Morgan fingerprint density at radius 3 is 2.68 bits per heavy atom. The number of benzene rings is 1. The van der Waals surface area contributed by atoms with Crippen LogP contribution in [0, 0.1) is 0 Å². The number of carbonyl (C=O) groups is 2. The molecule has 0 aliphatic heterocycles. The lowest BCUT2D eigenvalue weighted by Gasteiger charge is -2.11. The third kappa shape index (κ3) is 7.90. The average Bonchev–Trinajstić information content (AvgIpc) is 3.36. The summed E-state index contributed by atoms with van der Waals surface area (Å²) in [7, 11) is 0. The molecule has 0 aliphatic carbocycles. The van der Waals surface area contributed by atoms with Crippen molar-refractivity contribution in [1.29, 1.82) is 0 Å². The smallest absolute Gasteiger partial charge is 0.273 e. The highest BCUT2D eigenvalue weighted by Crippen LogP contribution is 2.10. The SMILES string of the molecule is O=C(Cc1ccccc1)Nc1ccn(CCC(F)Cn2cc(C(=O)NCc3cc(Br)ccn3)nn2)c(=O)c1. The van der Waals surface area contributed by atoms with Crippen molar-refractivity contribution in [3.05, 3.63) is 105 Å². The molecule has 38 heavy (non-hydrogen) atoms. The zero-order valence-electron chi connectivity index (χ0n) is 20.3. The Morgan fingerprint density at radius 1 is 1.11 bits per heavy atom. The summed E-state index contributed by atoms with van der Waals surface area (Å²) in [6.45, 7) is 0.233. The molecule has 1 unspecified atom stereocenters. The number of anilines is 1. The number of halogens is 2. The molecule has 12 heteroatoms. The van der Waals surface area contributed by atoms with Crippen molar-refractivity contribution in [3.8, 4) is 0 Å². The number of amides is 2. The summed E-state index contributed by atoms with van der Waals surface area (Å²) in [5, 5.41) is 13.0. The van der Waals surface area contributed by atoms with E-state index >= 15 is 0 Å². The van der Waals surface area contributed by atoms with Crippen molar-refractivity contribution in [2.75, 3.05) is 5.32 Å². The molecule has 4 rings (SSSR count). The highest BCUT2D eigenvalue weighted by atomic mass is 79.9. The van der Waals surface area contributed by atoms with Gasteiger partial charge >= 0.3 is 0 Å². The van der Waals surface area contributed by atoms with E-state index in [2.05, 4.69) is 41.9 Å². The second-order valence-corrected chi connectivity index (χ2v) is 9.43. The predicted molar refractivity (Wildman–Crippen MR) is 142 cm³/mol. The van der Waals surface area contributed by atoms with Crippen LogP contribution in [0.4, 0.5) is 10.1 Å². The van der Waals surface area contributed by atoms with Gasteiger partial charge in [0.25, 0.3) is 11.5 Å². The number of carbonyl (C=O) groups excluding carboxylic acids is 2. The lowest BCUT2D eigenvalue weighted by Crippen LogP contribution is -2.24. The van der Waals surface area contributed by atoms with Crippen molar-refractivity contribution in [2.45, 2.75) is 38.6 Å². The quantitative estimate of drug-likeness (QED) is 0.280. The van der Waals surface area contributed by atoms with E-state index in [0.717, 1.165) is 10.0 Å². The zero-order chi connectivity index (χ0) is 26.9. The first kappa shape index (κ1) is 26.9. The lowest BCUT2D eigenvalue weighted by atomic mass is 10.1. The number of rotatable bonds is 11. The Kier molecular flexibility index (Phi) is 9.09. The van der Waals surface area contributed by atoms with Gasteiger partial charge in [-0.15, -0.1) is 5.10 Å². The van der Waals surface area contributed by atoms with E-state index in [4.69, 9.17) is 0 Å². The second kappa shape index (κ2) is 12.9. The molecule has 4 aromatic rings. The molecule has 2 N–H and O–H groups in total. The van der Waals surface area contributed by atoms with Gasteiger partial charge in [0.1, 0.15) is 6.17 Å². The number of hydrogen-bond donors (Lipinski definition) is 2. The van der Waals surface area contributed by atoms with Crippen LogP contribution in [-0.4, -0.2) is 42.5 Å². The number of aromatic nitrogens is 5. The van der Waals surface area contributed by atoms with Crippen molar-refractivity contribution < 1.29 is 14.0 Å². The summed E-state index contributed by atoms with van der Waals surface area (Å²) in [6, 6.07) is 15.7. The number of nitrogens with zero attached hydrogens (tertiary/aromatic N) is 5. The Bertz CT molecular complexity index is 1460. The van der Waals surface area contributed by atoms with Gasteiger partial charge in [0, 0.05) is 35.2 Å². The summed E-state index contributed by atoms with van der Waals surface area (Å²) in [4.78, 5) is 41.1. The summed E-state index contributed by atoms with van der Waals surface area (Å²) in [5.74, 6) is -0.682. The van der Waals surface area contributed by atoms with Crippen LogP contribution in [0.3, 0.4) is 0 Å². The van der Waals surface area contributed by atoms with Crippen LogP contribution in [0.2, 0.25) is 0 Å². The minimum absolute atomic E-state index is 0.0512. The molecule has 0 saturated heterocycles. The van der Waals surface area contributed by atoms with Gasteiger partial charge < -0.3 is 15.2 Å². The van der Waals surface area contributed by atoms with Gasteiger partial charge in [-0.25, -0.2) is 9.07 Å². The van der Waals surface area contributed by atoms with Crippen molar-refractivity contribution in [2.24, 2.45) is 0 Å². The maximum Gasteiger partial charge on any atom is 0.273 e. The van der Waals surface area contributed by atoms with Crippen LogP contribution in [0.25, 0.3) is 0 Å². The number of nitrogens with one attached hydrogen (secondary N) is 2. The lowest BCUT2D eigenvalue weighted by molar-refractivity contribution is -0.115. The van der Waals surface area contributed by atoms with Crippen molar-refractivity contribution in [1.82, 2.24) is 29.9 Å². The zero-order valence-corrected chi connectivity index (χ0v) is 21.8. The standard InChI is InChI=1S/C26H25BrFN7O3/c27-19-6-9-29-22(13-19)15-30-26(38)23-17-35(33-32-23)16-20(28)7-10-34-11-8-21(14-25(34)37)31-24(36)12-18-4-2-1-3-5-18/h1-6,8-9,11,13-14,17,20H,7,10,12,15-16H2,(H,30,38)(H,31,36). The van der Waals surface area contributed by atoms with Crippen LogP contribution in [-0.2, 0) is 30.8 Å². The molecule has 1 atom stereocenters. The molecule has 0 aliphatic rings. The molecule has 10 nitrogen and oxygen atoms in total. The molecule has 0 radical (unpaired) electrons. The molecule has 0 spiro atoms. The number of hydrogen-bond acceptors (Lipinski definition) is 6. The van der Waals surface area contributed by atoms with Gasteiger partial charge in [0.05, 0.1) is 31.4 Å². The topological polar surface area (TPSA) is 124 Å². The van der Waals surface area contributed by atoms with E-state index < -0.39 is 12.1 Å². The first-order valence-electron chi connectivity index (χ1n) is 11.8. The summed E-state index contributed by atoms with van der Waals surface area (Å²) < 4.78 is 18.1. The largest absolute Gasteiger partial charge is 0.345 e. The molecule has 0 saturated carbocycles. The van der Waals surface area contributed by atoms with Gasteiger partial charge in [0.2, 0.25) is 5.91 Å². The molecule has 196 valence electrons. The van der Waals surface area contributed by atoms with Gasteiger partial charge in [-0.3, -0.25) is 19.4 Å². The summed E-state index contributed by atoms with van der Waals surface area (Å²) in [5.41, 5.74) is 1.63. The molecular formula is C26H25BrFN7O3. The van der Waals surface area contributed by atoms with Gasteiger partial charge in [-0.1, -0.05) is 51.5 Å². The van der Waals surface area contributed by atoms with Crippen LogP contribution >= 0.6 is 15.9 Å². The van der Waals surface area contributed by atoms with E-state index in [-0.39, 0.29) is 49.6 Å². The fourth-order valence-corrected chi connectivity index (χ4v) is 4.01. The maximum atomic E-state index is 14.6. The highest BCUT2D eigenvalue weighted by Gasteiger charge is 2.15. The Hall–Kier alpha value is -4.19. The Labute approximate surface area is 226 Å². The first-order valence-corrected chi connectivity index (χ1v) is 12.6. The predicted octanol–water partition coefficient (Wildman–Crippen LogP) is 3.14. The molecular weight excluding hydrogens is 557 g/mol. The average molecular weight is 582 g/mol. The molecule has 0 bridgehead atoms. The highest BCUT2D eigenvalue weighted by molar-refractivity contribution is 9.10. The number of pyridine rings is 2. The van der Waals surface area contributed by atoms with Crippen molar-refractivity contribution >= 4 is 33.4 Å². The third-order valence-electron chi connectivity index (χ3n) is 5.54. The van der Waals surface area contributed by atoms with Crippen LogP contribution in [0.15, 0.2) is 82.5 Å². The second-order valence-electron chi connectivity index (χ2n) is 8.52. The monoisotopic (exact) mass is 581 g/mol. The minimum atomic E-state index is -1.32. The normalized spacial score (nSPS) is 11.6. The third-order valence-corrected chi connectivity index (χ3v) is 6.03. The Morgan fingerprint density at radius 2 is 1.92 bits per heavy atom. The van der Waals surface area contributed by atoms with E-state index in [9.17, 15) is 18.8 Å². The number of aryl methyl sites for hydroxylation is 1. The summed E-state index contributed by atoms with van der Waals surface area (Å²) in [6.07, 6.45) is 3.43. The van der Waals surface area contributed by atoms with Crippen LogP contribution in [0.1, 0.15) is 28.2 Å². The van der Waals surface area contributed by atoms with Gasteiger partial charge in [0.15, 0.2) is 5.69 Å². The minimum Gasteiger partial charge on any atom is -0.345 e. The first-order chi connectivity index (χ1) is 18.4. The molecule has 3 heterocycles. The van der Waals surface area contributed by atoms with E-state index in [1.165, 1.54) is 27.7 Å². The van der Waals surface area contributed by atoms with Gasteiger partial charge in [-0.05, 0) is 30.2 Å². The Balaban J connectivity index is 1.23. The molecule has 1 aromatic carbocycles. The van der Waals surface area contributed by atoms with Crippen molar-refractivity contribution in [3.63, 3.8) is 0 Å². The number of alkyl halides is 1. The fourth-order valence-electron chi connectivity index (χ4n) is 3.63. The van der Waals surface area contributed by atoms with E-state index in [1.54, 1.807) is 24.4 Å². The van der Waals surface area contributed by atoms with E-state index in [0.29, 0.717) is 11.4 Å².